The van der Waals surface area contributed by atoms with Crippen molar-refractivity contribution >= 4 is 15.9 Å². The van der Waals surface area contributed by atoms with Crippen molar-refractivity contribution in [1.29, 1.82) is 0 Å². The first kappa shape index (κ1) is 14.3. The molecule has 0 aromatic heterocycles. The van der Waals surface area contributed by atoms with E-state index in [-0.39, 0.29) is 6.04 Å². The van der Waals surface area contributed by atoms with Crippen LogP contribution in [-0.4, -0.2) is 0 Å². The summed E-state index contributed by atoms with van der Waals surface area (Å²) >= 11 is 3.54. The molecule has 0 amide bonds. The smallest absolute Gasteiger partial charge is 0.0336 e. The summed E-state index contributed by atoms with van der Waals surface area (Å²) in [5, 5.41) is 0. The topological polar surface area (TPSA) is 26.0 Å². The highest BCUT2D eigenvalue weighted by molar-refractivity contribution is 9.10. The standard InChI is InChI=1S/C17H20BrN/c1-11-4-5-13(3)14(6-11)10-17(19)15-7-12(2)8-16(18)9-15/h4-9,17H,10,19H2,1-3H3. The maximum atomic E-state index is 6.36. The van der Waals surface area contributed by atoms with Gasteiger partial charge in [-0.2, -0.15) is 0 Å². The molecule has 19 heavy (non-hydrogen) atoms. The summed E-state index contributed by atoms with van der Waals surface area (Å²) in [6.45, 7) is 6.37. The van der Waals surface area contributed by atoms with Gasteiger partial charge in [-0.25, -0.2) is 0 Å². The zero-order valence-electron chi connectivity index (χ0n) is 11.7. The average Bonchev–Trinajstić information content (AvgIpc) is 2.32. The van der Waals surface area contributed by atoms with Gasteiger partial charge in [0.05, 0.1) is 0 Å². The van der Waals surface area contributed by atoms with E-state index < -0.39 is 0 Å². The molecule has 100 valence electrons. The van der Waals surface area contributed by atoms with E-state index in [0.717, 1.165) is 10.9 Å². The van der Waals surface area contributed by atoms with Crippen LogP contribution < -0.4 is 5.73 Å². The predicted molar refractivity (Wildman–Crippen MR) is 85.4 cm³/mol. The van der Waals surface area contributed by atoms with Gasteiger partial charge >= 0.3 is 0 Å². The Bertz CT molecular complexity index is 570. The SMILES string of the molecule is Cc1cc(Br)cc(C(N)Cc2cc(C)ccc2C)c1. The van der Waals surface area contributed by atoms with Crippen LogP contribution in [0.15, 0.2) is 40.9 Å². The first-order chi connectivity index (χ1) is 8.95. The Kier molecular flexibility index (Phi) is 4.43. The number of rotatable bonds is 3. The molecule has 2 N–H and O–H groups in total. The van der Waals surface area contributed by atoms with E-state index in [0.29, 0.717) is 0 Å². The van der Waals surface area contributed by atoms with Crippen molar-refractivity contribution in [2.75, 3.05) is 0 Å². The molecule has 1 nitrogen and oxygen atoms in total. The maximum Gasteiger partial charge on any atom is 0.0336 e. The fourth-order valence-electron chi connectivity index (χ4n) is 2.35. The zero-order valence-corrected chi connectivity index (χ0v) is 13.3. The van der Waals surface area contributed by atoms with Gasteiger partial charge in [0.15, 0.2) is 0 Å². The van der Waals surface area contributed by atoms with Crippen LogP contribution in [0.1, 0.15) is 33.9 Å². The van der Waals surface area contributed by atoms with Crippen molar-refractivity contribution in [3.63, 3.8) is 0 Å². The third-order valence-electron chi connectivity index (χ3n) is 3.44. The van der Waals surface area contributed by atoms with E-state index in [1.807, 2.05) is 0 Å². The van der Waals surface area contributed by atoms with Gasteiger partial charge < -0.3 is 5.73 Å². The molecular formula is C17H20BrN. The molecule has 2 aromatic carbocycles. The van der Waals surface area contributed by atoms with Crippen LogP contribution in [0.4, 0.5) is 0 Å². The van der Waals surface area contributed by atoms with Crippen LogP contribution in [0.3, 0.4) is 0 Å². The van der Waals surface area contributed by atoms with Gasteiger partial charge in [0.2, 0.25) is 0 Å². The van der Waals surface area contributed by atoms with Crippen molar-refractivity contribution in [3.05, 3.63) is 68.7 Å². The second-order valence-corrected chi connectivity index (χ2v) is 6.22. The molecule has 2 rings (SSSR count). The second-order valence-electron chi connectivity index (χ2n) is 5.30. The lowest BCUT2D eigenvalue weighted by Gasteiger charge is -2.15. The summed E-state index contributed by atoms with van der Waals surface area (Å²) in [5.74, 6) is 0. The quantitative estimate of drug-likeness (QED) is 0.878. The lowest BCUT2D eigenvalue weighted by atomic mass is 9.95. The molecule has 0 radical (unpaired) electrons. The van der Waals surface area contributed by atoms with E-state index >= 15 is 0 Å². The molecule has 0 heterocycles. The summed E-state index contributed by atoms with van der Waals surface area (Å²) in [7, 11) is 0. The molecule has 0 aliphatic rings. The normalized spacial score (nSPS) is 12.5. The van der Waals surface area contributed by atoms with Crippen LogP contribution in [0, 0.1) is 20.8 Å². The number of aryl methyl sites for hydroxylation is 3. The Morgan fingerprint density at radius 2 is 1.74 bits per heavy atom. The number of benzene rings is 2. The molecule has 2 aromatic rings. The van der Waals surface area contributed by atoms with E-state index in [4.69, 9.17) is 5.73 Å². The van der Waals surface area contributed by atoms with E-state index in [1.165, 1.54) is 27.8 Å². The second kappa shape index (κ2) is 5.89. The van der Waals surface area contributed by atoms with Crippen LogP contribution in [0.5, 0.6) is 0 Å². The molecule has 0 bridgehead atoms. The van der Waals surface area contributed by atoms with Gasteiger partial charge in [0.1, 0.15) is 0 Å². The number of halogens is 1. The lowest BCUT2D eigenvalue weighted by molar-refractivity contribution is 0.717. The molecule has 0 aliphatic carbocycles. The number of hydrogen-bond donors (Lipinski definition) is 1. The highest BCUT2D eigenvalue weighted by Gasteiger charge is 2.10. The summed E-state index contributed by atoms with van der Waals surface area (Å²) in [4.78, 5) is 0. The molecule has 0 fully saturated rings. The minimum atomic E-state index is 0.0386. The summed E-state index contributed by atoms with van der Waals surface area (Å²) in [6.07, 6.45) is 0.878. The monoisotopic (exact) mass is 317 g/mol. The van der Waals surface area contributed by atoms with Gasteiger partial charge in [-0.1, -0.05) is 45.8 Å². The molecule has 0 spiro atoms. The van der Waals surface area contributed by atoms with Crippen molar-refractivity contribution in [2.45, 2.75) is 33.2 Å². The Morgan fingerprint density at radius 1 is 1.00 bits per heavy atom. The molecule has 1 unspecified atom stereocenters. The Balaban J connectivity index is 2.25. The fourth-order valence-corrected chi connectivity index (χ4v) is 2.98. The van der Waals surface area contributed by atoms with Crippen LogP contribution in [-0.2, 0) is 6.42 Å². The van der Waals surface area contributed by atoms with Gasteiger partial charge in [-0.15, -0.1) is 0 Å². The Morgan fingerprint density at radius 3 is 2.42 bits per heavy atom. The highest BCUT2D eigenvalue weighted by atomic mass is 79.9. The maximum absolute atomic E-state index is 6.36. The van der Waals surface area contributed by atoms with E-state index in [2.05, 4.69) is 73.1 Å². The first-order valence-corrected chi connectivity index (χ1v) is 7.34. The molecule has 0 aliphatic heterocycles. The predicted octanol–water partition coefficient (Wildman–Crippen LogP) is 4.62. The van der Waals surface area contributed by atoms with Crippen LogP contribution in [0.2, 0.25) is 0 Å². The number of hydrogen-bond acceptors (Lipinski definition) is 1. The summed E-state index contributed by atoms with van der Waals surface area (Å²) in [5.41, 5.74) is 12.7. The highest BCUT2D eigenvalue weighted by Crippen LogP contribution is 2.23. The summed E-state index contributed by atoms with van der Waals surface area (Å²) in [6, 6.07) is 13.0. The average molecular weight is 318 g/mol. The largest absolute Gasteiger partial charge is 0.324 e. The zero-order chi connectivity index (χ0) is 14.0. The minimum absolute atomic E-state index is 0.0386. The van der Waals surface area contributed by atoms with E-state index in [9.17, 15) is 0 Å². The number of nitrogens with two attached hydrogens (primary N) is 1. The third-order valence-corrected chi connectivity index (χ3v) is 3.89. The van der Waals surface area contributed by atoms with Gasteiger partial charge in [0, 0.05) is 10.5 Å². The fraction of sp³-hybridized carbons (Fsp3) is 0.294. The molecule has 0 saturated carbocycles. The van der Waals surface area contributed by atoms with Crippen molar-refractivity contribution < 1.29 is 0 Å². The molecule has 2 heteroatoms. The van der Waals surface area contributed by atoms with Crippen LogP contribution in [0.25, 0.3) is 0 Å². The van der Waals surface area contributed by atoms with Crippen molar-refractivity contribution in [1.82, 2.24) is 0 Å². The molecule has 0 saturated heterocycles. The molecular weight excluding hydrogens is 298 g/mol. The summed E-state index contributed by atoms with van der Waals surface area (Å²) < 4.78 is 1.10. The Labute approximate surface area is 124 Å². The van der Waals surface area contributed by atoms with Crippen LogP contribution >= 0.6 is 15.9 Å². The van der Waals surface area contributed by atoms with Crippen molar-refractivity contribution in [2.24, 2.45) is 5.73 Å². The third kappa shape index (κ3) is 3.68. The Hall–Kier alpha value is -1.12. The minimum Gasteiger partial charge on any atom is -0.324 e. The van der Waals surface area contributed by atoms with E-state index in [1.54, 1.807) is 0 Å². The first-order valence-electron chi connectivity index (χ1n) is 6.54. The van der Waals surface area contributed by atoms with Gasteiger partial charge in [-0.05, 0) is 61.6 Å². The van der Waals surface area contributed by atoms with Crippen molar-refractivity contribution in [3.8, 4) is 0 Å². The van der Waals surface area contributed by atoms with Gasteiger partial charge in [-0.3, -0.25) is 0 Å². The molecule has 1 atom stereocenters. The lowest BCUT2D eigenvalue weighted by Crippen LogP contribution is -2.14. The van der Waals surface area contributed by atoms with Gasteiger partial charge in [0.25, 0.3) is 0 Å².